The van der Waals surface area contributed by atoms with E-state index in [1.54, 1.807) is 0 Å². The van der Waals surface area contributed by atoms with Crippen LogP contribution in [0.15, 0.2) is 48.5 Å². The van der Waals surface area contributed by atoms with Crippen LogP contribution < -0.4 is 5.73 Å². The molecule has 0 aliphatic rings. The van der Waals surface area contributed by atoms with Crippen LogP contribution in [0.1, 0.15) is 51.0 Å². The molecular formula is C22H27N. The van der Waals surface area contributed by atoms with Gasteiger partial charge in [0.1, 0.15) is 0 Å². The van der Waals surface area contributed by atoms with Crippen molar-refractivity contribution in [2.75, 3.05) is 5.73 Å². The molecule has 2 N–H and O–H groups in total. The lowest BCUT2D eigenvalue weighted by Gasteiger charge is -2.10. The Kier molecular flexibility index (Phi) is 5.17. The van der Waals surface area contributed by atoms with E-state index in [-0.39, 0.29) is 0 Å². The van der Waals surface area contributed by atoms with Crippen LogP contribution in [0.2, 0.25) is 0 Å². The Balaban J connectivity index is 1.81. The largest absolute Gasteiger partial charge is 0.398 e. The standard InChI is InChI=1S/C22H27N/c1-2-3-4-5-6-7-10-17-11-8-12-18-15-19-13-9-14-22(23)21(19)16-20(17)18/h8-9,11-16H,2-7,10,23H2,1H3. The zero-order valence-electron chi connectivity index (χ0n) is 14.1. The van der Waals surface area contributed by atoms with E-state index >= 15 is 0 Å². The topological polar surface area (TPSA) is 26.0 Å². The highest BCUT2D eigenvalue weighted by molar-refractivity contribution is 6.04. The molecule has 0 heterocycles. The maximum atomic E-state index is 6.17. The molecule has 0 saturated carbocycles. The fraction of sp³-hybridized carbons (Fsp3) is 0.364. The lowest BCUT2D eigenvalue weighted by molar-refractivity contribution is 0.608. The molecule has 0 aromatic heterocycles. The number of unbranched alkanes of at least 4 members (excludes halogenated alkanes) is 5. The Morgan fingerprint density at radius 2 is 1.43 bits per heavy atom. The highest BCUT2D eigenvalue weighted by Gasteiger charge is 2.05. The average molecular weight is 305 g/mol. The summed E-state index contributed by atoms with van der Waals surface area (Å²) in [6.45, 7) is 2.27. The third kappa shape index (κ3) is 3.67. The summed E-state index contributed by atoms with van der Waals surface area (Å²) in [4.78, 5) is 0. The molecule has 23 heavy (non-hydrogen) atoms. The zero-order chi connectivity index (χ0) is 16.1. The van der Waals surface area contributed by atoms with Crippen LogP contribution in [-0.4, -0.2) is 0 Å². The van der Waals surface area contributed by atoms with E-state index in [9.17, 15) is 0 Å². The van der Waals surface area contributed by atoms with Gasteiger partial charge in [0.05, 0.1) is 0 Å². The summed E-state index contributed by atoms with van der Waals surface area (Å²) in [5.74, 6) is 0. The second-order valence-corrected chi connectivity index (χ2v) is 6.58. The van der Waals surface area contributed by atoms with E-state index in [1.807, 2.05) is 12.1 Å². The number of fused-ring (bicyclic) bond motifs is 2. The minimum Gasteiger partial charge on any atom is -0.398 e. The first kappa shape index (κ1) is 15.9. The van der Waals surface area contributed by atoms with Crippen molar-refractivity contribution in [2.24, 2.45) is 0 Å². The third-order valence-electron chi connectivity index (χ3n) is 4.80. The van der Waals surface area contributed by atoms with Gasteiger partial charge in [0.15, 0.2) is 0 Å². The average Bonchev–Trinajstić information content (AvgIpc) is 2.57. The minimum atomic E-state index is 0.874. The van der Waals surface area contributed by atoms with Gasteiger partial charge in [-0.15, -0.1) is 0 Å². The van der Waals surface area contributed by atoms with Gasteiger partial charge in [0, 0.05) is 11.1 Å². The SMILES string of the molecule is CCCCCCCCc1cccc2cc3cccc(N)c3cc12. The van der Waals surface area contributed by atoms with Crippen LogP contribution in [0, 0.1) is 0 Å². The monoisotopic (exact) mass is 305 g/mol. The van der Waals surface area contributed by atoms with E-state index in [1.165, 1.54) is 72.1 Å². The van der Waals surface area contributed by atoms with E-state index < -0.39 is 0 Å². The third-order valence-corrected chi connectivity index (χ3v) is 4.80. The molecule has 120 valence electrons. The molecule has 3 aromatic carbocycles. The summed E-state index contributed by atoms with van der Waals surface area (Å²) < 4.78 is 0. The van der Waals surface area contributed by atoms with Crippen molar-refractivity contribution in [3.63, 3.8) is 0 Å². The predicted molar refractivity (Wildman–Crippen MR) is 103 cm³/mol. The van der Waals surface area contributed by atoms with Gasteiger partial charge in [-0.05, 0) is 52.8 Å². The molecule has 0 atom stereocenters. The van der Waals surface area contributed by atoms with Gasteiger partial charge in [-0.25, -0.2) is 0 Å². The molecule has 0 amide bonds. The van der Waals surface area contributed by atoms with Crippen LogP contribution in [0.4, 0.5) is 5.69 Å². The summed E-state index contributed by atoms with van der Waals surface area (Å²) >= 11 is 0. The van der Waals surface area contributed by atoms with Gasteiger partial charge in [-0.3, -0.25) is 0 Å². The number of anilines is 1. The molecule has 0 spiro atoms. The van der Waals surface area contributed by atoms with Crippen LogP contribution in [0.3, 0.4) is 0 Å². The molecule has 0 unspecified atom stereocenters. The van der Waals surface area contributed by atoms with Crippen LogP contribution in [0.25, 0.3) is 21.5 Å². The fourth-order valence-corrected chi connectivity index (χ4v) is 3.45. The molecule has 0 radical (unpaired) electrons. The highest BCUT2D eigenvalue weighted by atomic mass is 14.5. The maximum Gasteiger partial charge on any atom is 0.0393 e. The normalized spacial score (nSPS) is 11.3. The molecule has 3 rings (SSSR count). The van der Waals surface area contributed by atoms with Crippen molar-refractivity contribution >= 4 is 27.2 Å². The maximum absolute atomic E-state index is 6.17. The van der Waals surface area contributed by atoms with Crippen molar-refractivity contribution in [1.29, 1.82) is 0 Å². The summed E-state index contributed by atoms with van der Waals surface area (Å²) in [5.41, 5.74) is 8.50. The van der Waals surface area contributed by atoms with E-state index in [0.717, 1.165) is 5.69 Å². The number of hydrogen-bond acceptors (Lipinski definition) is 1. The summed E-state index contributed by atoms with van der Waals surface area (Å²) in [6.07, 6.45) is 9.23. The van der Waals surface area contributed by atoms with Crippen molar-refractivity contribution in [3.05, 3.63) is 54.1 Å². The van der Waals surface area contributed by atoms with Crippen molar-refractivity contribution < 1.29 is 0 Å². The Morgan fingerprint density at radius 1 is 0.739 bits per heavy atom. The number of rotatable bonds is 7. The fourth-order valence-electron chi connectivity index (χ4n) is 3.45. The van der Waals surface area contributed by atoms with E-state index in [0.29, 0.717) is 0 Å². The van der Waals surface area contributed by atoms with Gasteiger partial charge in [-0.1, -0.05) is 69.4 Å². The summed E-state index contributed by atoms with van der Waals surface area (Å²) in [5, 5.41) is 5.10. The lowest BCUT2D eigenvalue weighted by atomic mass is 9.96. The quantitative estimate of drug-likeness (QED) is 0.302. The summed E-state index contributed by atoms with van der Waals surface area (Å²) in [7, 11) is 0. The molecular weight excluding hydrogens is 278 g/mol. The summed E-state index contributed by atoms with van der Waals surface area (Å²) in [6, 6.07) is 17.4. The molecule has 0 saturated heterocycles. The molecule has 0 aliphatic carbocycles. The zero-order valence-corrected chi connectivity index (χ0v) is 14.1. The second-order valence-electron chi connectivity index (χ2n) is 6.58. The lowest BCUT2D eigenvalue weighted by Crippen LogP contribution is -1.91. The van der Waals surface area contributed by atoms with Crippen LogP contribution >= 0.6 is 0 Å². The second kappa shape index (κ2) is 7.50. The van der Waals surface area contributed by atoms with Gasteiger partial charge in [-0.2, -0.15) is 0 Å². The molecule has 0 bridgehead atoms. The Bertz CT molecular complexity index is 788. The van der Waals surface area contributed by atoms with Crippen molar-refractivity contribution in [3.8, 4) is 0 Å². The van der Waals surface area contributed by atoms with E-state index in [2.05, 4.69) is 43.3 Å². The Labute approximate surface area is 139 Å². The van der Waals surface area contributed by atoms with Gasteiger partial charge in [0.25, 0.3) is 0 Å². The molecule has 1 nitrogen and oxygen atoms in total. The number of aryl methyl sites for hydroxylation is 1. The smallest absolute Gasteiger partial charge is 0.0393 e. The molecule has 1 heteroatoms. The Hall–Kier alpha value is -2.02. The first-order valence-electron chi connectivity index (χ1n) is 8.99. The van der Waals surface area contributed by atoms with Gasteiger partial charge >= 0.3 is 0 Å². The van der Waals surface area contributed by atoms with Crippen molar-refractivity contribution in [1.82, 2.24) is 0 Å². The van der Waals surface area contributed by atoms with Gasteiger partial charge < -0.3 is 5.73 Å². The molecule has 0 fully saturated rings. The Morgan fingerprint density at radius 3 is 2.26 bits per heavy atom. The predicted octanol–water partition coefficient (Wildman–Crippen LogP) is 6.48. The number of nitrogens with two attached hydrogens (primary N) is 1. The number of benzene rings is 3. The van der Waals surface area contributed by atoms with Crippen molar-refractivity contribution in [2.45, 2.75) is 51.9 Å². The number of nitrogen functional groups attached to an aromatic ring is 1. The minimum absolute atomic E-state index is 0.874. The molecule has 3 aromatic rings. The van der Waals surface area contributed by atoms with Gasteiger partial charge in [0.2, 0.25) is 0 Å². The first-order chi connectivity index (χ1) is 11.3. The van der Waals surface area contributed by atoms with Crippen LogP contribution in [0.5, 0.6) is 0 Å². The molecule has 0 aliphatic heterocycles. The first-order valence-corrected chi connectivity index (χ1v) is 8.99. The number of hydrogen-bond donors (Lipinski definition) is 1. The van der Waals surface area contributed by atoms with E-state index in [4.69, 9.17) is 5.73 Å². The highest BCUT2D eigenvalue weighted by Crippen LogP contribution is 2.29. The van der Waals surface area contributed by atoms with Crippen LogP contribution in [-0.2, 0) is 6.42 Å².